The molecule has 7 heteroatoms. The highest BCUT2D eigenvalue weighted by Crippen LogP contribution is 2.25. The molecule has 132 valence electrons. The van der Waals surface area contributed by atoms with Crippen molar-refractivity contribution in [2.75, 3.05) is 0 Å². The quantitative estimate of drug-likeness (QED) is 0.549. The molecule has 0 N–H and O–H groups in total. The number of benzene rings is 1. The standard InChI is InChI=1S/C19H19ClN6/c1-19(2,3)18-21-16(25-10-6-7-11-25)15-17(22-18)26(24-23-15)12-13-8-4-5-9-14(13)20/h4-11H,12H2,1-3H3. The minimum atomic E-state index is -0.199. The van der Waals surface area contributed by atoms with Crippen molar-refractivity contribution in [2.45, 2.75) is 32.7 Å². The van der Waals surface area contributed by atoms with Gasteiger partial charge in [-0.2, -0.15) is 0 Å². The molecule has 0 bridgehead atoms. The first-order valence-electron chi connectivity index (χ1n) is 8.42. The Balaban J connectivity index is 1.91. The van der Waals surface area contributed by atoms with Crippen LogP contribution in [-0.4, -0.2) is 29.5 Å². The normalized spacial score (nSPS) is 12.0. The Hall–Kier alpha value is -2.73. The molecule has 0 aliphatic heterocycles. The van der Waals surface area contributed by atoms with Gasteiger partial charge < -0.3 is 4.57 Å². The molecule has 4 aromatic rings. The molecule has 0 fully saturated rings. The second-order valence-electron chi connectivity index (χ2n) is 7.22. The third-order valence-corrected chi connectivity index (χ3v) is 4.51. The van der Waals surface area contributed by atoms with E-state index < -0.39 is 0 Å². The van der Waals surface area contributed by atoms with E-state index in [0.717, 1.165) is 17.2 Å². The lowest BCUT2D eigenvalue weighted by Gasteiger charge is -2.17. The number of nitrogens with zero attached hydrogens (tertiary/aromatic N) is 6. The van der Waals surface area contributed by atoms with Crippen LogP contribution in [-0.2, 0) is 12.0 Å². The Kier molecular flexibility index (Phi) is 4.00. The van der Waals surface area contributed by atoms with Crippen molar-refractivity contribution < 1.29 is 0 Å². The Morgan fingerprint density at radius 3 is 2.42 bits per heavy atom. The van der Waals surface area contributed by atoms with Crippen LogP contribution < -0.4 is 0 Å². The van der Waals surface area contributed by atoms with Crippen LogP contribution in [0.4, 0.5) is 0 Å². The monoisotopic (exact) mass is 366 g/mol. The lowest BCUT2D eigenvalue weighted by molar-refractivity contribution is 0.544. The predicted octanol–water partition coefficient (Wildman–Crippen LogP) is 4.01. The molecule has 0 amide bonds. The Bertz CT molecular complexity index is 1060. The second-order valence-corrected chi connectivity index (χ2v) is 7.63. The molecular weight excluding hydrogens is 348 g/mol. The fraction of sp³-hybridized carbons (Fsp3) is 0.263. The van der Waals surface area contributed by atoms with Crippen LogP contribution in [0.15, 0.2) is 48.8 Å². The molecule has 4 rings (SSSR count). The maximum atomic E-state index is 6.31. The van der Waals surface area contributed by atoms with Gasteiger partial charge in [-0.3, -0.25) is 0 Å². The molecule has 0 atom stereocenters. The highest BCUT2D eigenvalue weighted by molar-refractivity contribution is 6.31. The second kappa shape index (κ2) is 6.21. The predicted molar refractivity (Wildman–Crippen MR) is 102 cm³/mol. The average Bonchev–Trinajstić information content (AvgIpc) is 3.25. The summed E-state index contributed by atoms with van der Waals surface area (Å²) in [7, 11) is 0. The van der Waals surface area contributed by atoms with Gasteiger partial charge in [-0.1, -0.05) is 55.8 Å². The molecular formula is C19H19ClN6. The van der Waals surface area contributed by atoms with Gasteiger partial charge in [-0.15, -0.1) is 5.10 Å². The van der Waals surface area contributed by atoms with Crippen molar-refractivity contribution >= 4 is 22.8 Å². The van der Waals surface area contributed by atoms with E-state index in [1.807, 2.05) is 53.4 Å². The molecule has 6 nitrogen and oxygen atoms in total. The van der Waals surface area contributed by atoms with E-state index in [9.17, 15) is 0 Å². The lowest BCUT2D eigenvalue weighted by Crippen LogP contribution is -2.18. The fourth-order valence-corrected chi connectivity index (χ4v) is 2.92. The van der Waals surface area contributed by atoms with Crippen LogP contribution in [0.5, 0.6) is 0 Å². The molecule has 0 aliphatic carbocycles. The number of fused-ring (bicyclic) bond motifs is 1. The maximum Gasteiger partial charge on any atom is 0.184 e. The molecule has 3 aromatic heterocycles. The first kappa shape index (κ1) is 16.7. The van der Waals surface area contributed by atoms with Crippen molar-refractivity contribution in [1.82, 2.24) is 29.5 Å². The third-order valence-electron chi connectivity index (χ3n) is 4.14. The van der Waals surface area contributed by atoms with Crippen molar-refractivity contribution in [3.63, 3.8) is 0 Å². The average molecular weight is 367 g/mol. The van der Waals surface area contributed by atoms with E-state index in [0.29, 0.717) is 22.7 Å². The minimum absolute atomic E-state index is 0.199. The van der Waals surface area contributed by atoms with E-state index in [2.05, 4.69) is 31.1 Å². The van der Waals surface area contributed by atoms with Crippen LogP contribution in [0.25, 0.3) is 17.0 Å². The summed E-state index contributed by atoms with van der Waals surface area (Å²) < 4.78 is 3.72. The van der Waals surface area contributed by atoms with Crippen LogP contribution in [0, 0.1) is 0 Å². The lowest BCUT2D eigenvalue weighted by atomic mass is 9.96. The first-order valence-corrected chi connectivity index (χ1v) is 8.80. The zero-order valence-corrected chi connectivity index (χ0v) is 15.6. The Morgan fingerprint density at radius 2 is 1.73 bits per heavy atom. The van der Waals surface area contributed by atoms with Crippen molar-refractivity contribution in [1.29, 1.82) is 0 Å². The number of aromatic nitrogens is 6. The van der Waals surface area contributed by atoms with Gasteiger partial charge in [-0.25, -0.2) is 14.6 Å². The van der Waals surface area contributed by atoms with E-state index in [1.54, 1.807) is 4.68 Å². The number of hydrogen-bond donors (Lipinski definition) is 0. The molecule has 0 radical (unpaired) electrons. The van der Waals surface area contributed by atoms with Gasteiger partial charge in [0.1, 0.15) is 5.82 Å². The molecule has 26 heavy (non-hydrogen) atoms. The topological polar surface area (TPSA) is 61.4 Å². The Labute approximate surface area is 156 Å². The van der Waals surface area contributed by atoms with Crippen molar-refractivity contribution in [3.8, 4) is 5.82 Å². The highest BCUT2D eigenvalue weighted by atomic mass is 35.5. The smallest absolute Gasteiger partial charge is 0.184 e. The molecule has 0 saturated carbocycles. The molecule has 3 heterocycles. The number of rotatable bonds is 3. The van der Waals surface area contributed by atoms with Gasteiger partial charge in [0.15, 0.2) is 17.0 Å². The zero-order chi connectivity index (χ0) is 18.3. The molecule has 0 spiro atoms. The van der Waals surface area contributed by atoms with E-state index >= 15 is 0 Å². The first-order chi connectivity index (χ1) is 12.4. The zero-order valence-electron chi connectivity index (χ0n) is 14.9. The van der Waals surface area contributed by atoms with Gasteiger partial charge >= 0.3 is 0 Å². The van der Waals surface area contributed by atoms with E-state index in [4.69, 9.17) is 21.6 Å². The molecule has 0 aliphatic rings. The van der Waals surface area contributed by atoms with Crippen molar-refractivity contribution in [2.24, 2.45) is 0 Å². The van der Waals surface area contributed by atoms with Crippen LogP contribution in [0.1, 0.15) is 32.2 Å². The summed E-state index contributed by atoms with van der Waals surface area (Å²) in [5.41, 5.74) is 2.14. The summed E-state index contributed by atoms with van der Waals surface area (Å²) in [6, 6.07) is 11.6. The summed E-state index contributed by atoms with van der Waals surface area (Å²) in [4.78, 5) is 9.54. The fourth-order valence-electron chi connectivity index (χ4n) is 2.73. The maximum absolute atomic E-state index is 6.31. The van der Waals surface area contributed by atoms with Gasteiger partial charge in [0.05, 0.1) is 6.54 Å². The summed E-state index contributed by atoms with van der Waals surface area (Å²) in [6.45, 7) is 6.78. The summed E-state index contributed by atoms with van der Waals surface area (Å²) in [6.07, 6.45) is 3.89. The van der Waals surface area contributed by atoms with Gasteiger partial charge in [0, 0.05) is 22.8 Å². The van der Waals surface area contributed by atoms with Gasteiger partial charge in [-0.05, 0) is 23.8 Å². The summed E-state index contributed by atoms with van der Waals surface area (Å²) in [5.74, 6) is 1.48. The highest BCUT2D eigenvalue weighted by Gasteiger charge is 2.23. The van der Waals surface area contributed by atoms with Crippen LogP contribution >= 0.6 is 11.6 Å². The van der Waals surface area contributed by atoms with E-state index in [1.165, 1.54) is 0 Å². The number of halogens is 1. The van der Waals surface area contributed by atoms with Gasteiger partial charge in [0.2, 0.25) is 0 Å². The largest absolute Gasteiger partial charge is 0.307 e. The van der Waals surface area contributed by atoms with Crippen LogP contribution in [0.3, 0.4) is 0 Å². The molecule has 0 unspecified atom stereocenters. The summed E-state index contributed by atoms with van der Waals surface area (Å²) >= 11 is 6.31. The van der Waals surface area contributed by atoms with Crippen LogP contribution in [0.2, 0.25) is 5.02 Å². The minimum Gasteiger partial charge on any atom is -0.307 e. The van der Waals surface area contributed by atoms with E-state index in [-0.39, 0.29) is 5.41 Å². The Morgan fingerprint density at radius 1 is 1.00 bits per heavy atom. The van der Waals surface area contributed by atoms with Gasteiger partial charge in [0.25, 0.3) is 0 Å². The SMILES string of the molecule is CC(C)(C)c1nc(-n2cccc2)c2nnn(Cc3ccccc3Cl)c2n1. The third kappa shape index (κ3) is 2.97. The molecule has 0 saturated heterocycles. The van der Waals surface area contributed by atoms with Crippen molar-refractivity contribution in [3.05, 3.63) is 65.2 Å². The summed E-state index contributed by atoms with van der Waals surface area (Å²) in [5, 5.41) is 9.37. The molecule has 1 aromatic carbocycles. The number of hydrogen-bond acceptors (Lipinski definition) is 4.